The second-order valence-electron chi connectivity index (χ2n) is 6.13. The molecule has 2 nitrogen and oxygen atoms in total. The van der Waals surface area contributed by atoms with Crippen LogP contribution in [-0.2, 0) is 0 Å². The zero-order chi connectivity index (χ0) is 22.0. The van der Waals surface area contributed by atoms with Gasteiger partial charge in [0.05, 0.1) is 17.4 Å². The van der Waals surface area contributed by atoms with Crippen molar-refractivity contribution in [1.29, 1.82) is 0 Å². The quantitative estimate of drug-likeness (QED) is 0.367. The van der Waals surface area contributed by atoms with E-state index in [1.54, 1.807) is 6.92 Å². The topological polar surface area (TPSA) is 29.5 Å². The van der Waals surface area contributed by atoms with Crippen LogP contribution in [0.25, 0.3) is 21.5 Å². The standard InChI is InChI=1S/C12H9F3O.C10H5F3O/c1-2-16-9-6-4-7-3-5-8(13)11(14)10(7)12(9)15;11-6-3-1-5-2-4-7(14)10(13)8(5)9(6)12/h3-6H,2H2,1H3;1-4,14H. The zero-order valence-corrected chi connectivity index (χ0v) is 15.4. The van der Waals surface area contributed by atoms with Crippen LogP contribution in [0, 0.1) is 34.9 Å². The summed E-state index contributed by atoms with van der Waals surface area (Å²) < 4.78 is 84.1. The SMILES string of the molecule is CCOc1ccc2ccc(F)c(F)c2c1F.Oc1ccc2ccc(F)c(F)c2c1F. The fourth-order valence-electron chi connectivity index (χ4n) is 2.85. The van der Waals surface area contributed by atoms with Crippen molar-refractivity contribution in [2.75, 3.05) is 6.61 Å². The molecule has 0 unspecified atom stereocenters. The van der Waals surface area contributed by atoms with E-state index in [2.05, 4.69) is 0 Å². The number of ether oxygens (including phenoxy) is 1. The Kier molecular flexibility index (Phi) is 6.05. The lowest BCUT2D eigenvalue weighted by atomic mass is 10.1. The molecular formula is C22H14F6O2. The van der Waals surface area contributed by atoms with E-state index < -0.39 is 46.0 Å². The Morgan fingerprint density at radius 2 is 1.10 bits per heavy atom. The molecule has 0 saturated heterocycles. The Morgan fingerprint density at radius 1 is 0.633 bits per heavy atom. The van der Waals surface area contributed by atoms with Crippen molar-refractivity contribution >= 4 is 21.5 Å². The van der Waals surface area contributed by atoms with Crippen LogP contribution in [0.5, 0.6) is 11.5 Å². The molecule has 4 rings (SSSR count). The Balaban J connectivity index is 0.000000172. The third-order valence-corrected chi connectivity index (χ3v) is 4.27. The molecule has 0 saturated carbocycles. The summed E-state index contributed by atoms with van der Waals surface area (Å²) in [5.74, 6) is -7.44. The van der Waals surface area contributed by atoms with Crippen LogP contribution in [0.2, 0.25) is 0 Å². The third kappa shape index (κ3) is 3.85. The molecule has 4 aromatic carbocycles. The summed E-state index contributed by atoms with van der Waals surface area (Å²) in [5, 5.41) is 8.59. The van der Waals surface area contributed by atoms with Crippen molar-refractivity contribution in [3.05, 3.63) is 83.4 Å². The summed E-state index contributed by atoms with van der Waals surface area (Å²) in [7, 11) is 0. The summed E-state index contributed by atoms with van der Waals surface area (Å²) in [4.78, 5) is 0. The molecule has 0 aromatic heterocycles. The second kappa shape index (κ2) is 8.52. The van der Waals surface area contributed by atoms with Gasteiger partial charge in [-0.15, -0.1) is 0 Å². The predicted molar refractivity (Wildman–Crippen MR) is 100 cm³/mol. The first kappa shape index (κ1) is 21.3. The summed E-state index contributed by atoms with van der Waals surface area (Å²) in [6.45, 7) is 1.95. The minimum atomic E-state index is -1.28. The van der Waals surface area contributed by atoms with E-state index in [1.165, 1.54) is 30.3 Å². The molecule has 0 spiro atoms. The van der Waals surface area contributed by atoms with Gasteiger partial charge in [0, 0.05) is 0 Å². The Morgan fingerprint density at radius 3 is 1.63 bits per heavy atom. The maximum atomic E-state index is 13.8. The highest BCUT2D eigenvalue weighted by molar-refractivity contribution is 5.86. The molecule has 8 heteroatoms. The highest BCUT2D eigenvalue weighted by Crippen LogP contribution is 2.30. The van der Waals surface area contributed by atoms with Crippen molar-refractivity contribution in [1.82, 2.24) is 0 Å². The minimum absolute atomic E-state index is 0.0699. The van der Waals surface area contributed by atoms with Gasteiger partial charge in [0.2, 0.25) is 0 Å². The monoisotopic (exact) mass is 424 g/mol. The van der Waals surface area contributed by atoms with Crippen LogP contribution in [-0.4, -0.2) is 11.7 Å². The van der Waals surface area contributed by atoms with E-state index in [0.29, 0.717) is 5.39 Å². The van der Waals surface area contributed by atoms with Gasteiger partial charge in [-0.05, 0) is 42.0 Å². The molecule has 0 aliphatic heterocycles. The van der Waals surface area contributed by atoms with Gasteiger partial charge in [-0.3, -0.25) is 0 Å². The zero-order valence-electron chi connectivity index (χ0n) is 15.4. The highest BCUT2D eigenvalue weighted by atomic mass is 19.2. The van der Waals surface area contributed by atoms with E-state index >= 15 is 0 Å². The molecule has 0 bridgehead atoms. The maximum absolute atomic E-state index is 13.8. The molecule has 0 atom stereocenters. The predicted octanol–water partition coefficient (Wildman–Crippen LogP) is 6.62. The van der Waals surface area contributed by atoms with E-state index in [-0.39, 0.29) is 23.1 Å². The van der Waals surface area contributed by atoms with Crippen LogP contribution in [0.1, 0.15) is 6.92 Å². The Bertz CT molecular complexity index is 1200. The number of rotatable bonds is 2. The van der Waals surface area contributed by atoms with Crippen LogP contribution in [0.3, 0.4) is 0 Å². The summed E-state index contributed by atoms with van der Waals surface area (Å²) in [6, 6.07) is 9.75. The van der Waals surface area contributed by atoms with Gasteiger partial charge in [0.25, 0.3) is 0 Å². The van der Waals surface area contributed by atoms with Crippen LogP contribution >= 0.6 is 0 Å². The normalized spacial score (nSPS) is 10.8. The van der Waals surface area contributed by atoms with Gasteiger partial charge in [0.15, 0.2) is 46.4 Å². The first-order chi connectivity index (χ1) is 14.3. The van der Waals surface area contributed by atoms with Gasteiger partial charge in [-0.25, -0.2) is 26.3 Å². The number of phenols is 1. The largest absolute Gasteiger partial charge is 0.505 e. The molecule has 0 aliphatic carbocycles. The molecule has 4 aromatic rings. The van der Waals surface area contributed by atoms with E-state index in [0.717, 1.165) is 18.2 Å². The van der Waals surface area contributed by atoms with Crippen molar-refractivity contribution in [3.63, 3.8) is 0 Å². The number of halogens is 6. The first-order valence-electron chi connectivity index (χ1n) is 8.70. The summed E-state index contributed by atoms with van der Waals surface area (Å²) in [6.07, 6.45) is 0. The average Bonchev–Trinajstić information content (AvgIpc) is 2.73. The average molecular weight is 424 g/mol. The van der Waals surface area contributed by atoms with Gasteiger partial charge in [-0.2, -0.15) is 0 Å². The highest BCUT2D eigenvalue weighted by Gasteiger charge is 2.15. The lowest BCUT2D eigenvalue weighted by Crippen LogP contribution is -1.97. The molecule has 156 valence electrons. The van der Waals surface area contributed by atoms with Gasteiger partial charge < -0.3 is 9.84 Å². The molecule has 0 radical (unpaired) electrons. The molecule has 0 heterocycles. The molecule has 0 aliphatic rings. The van der Waals surface area contributed by atoms with E-state index in [9.17, 15) is 26.3 Å². The van der Waals surface area contributed by atoms with Gasteiger partial charge >= 0.3 is 0 Å². The number of hydrogen-bond donors (Lipinski definition) is 1. The van der Waals surface area contributed by atoms with E-state index in [1.807, 2.05) is 0 Å². The Hall–Kier alpha value is -3.42. The maximum Gasteiger partial charge on any atom is 0.175 e. The number of phenolic OH excluding ortho intramolecular Hbond substituents is 1. The molecule has 1 N–H and O–H groups in total. The molecular weight excluding hydrogens is 410 g/mol. The Labute approximate surface area is 166 Å². The van der Waals surface area contributed by atoms with Crippen LogP contribution < -0.4 is 4.74 Å². The van der Waals surface area contributed by atoms with Crippen molar-refractivity contribution < 1.29 is 36.2 Å². The lowest BCUT2D eigenvalue weighted by Gasteiger charge is -2.08. The van der Waals surface area contributed by atoms with Crippen LogP contribution in [0.15, 0.2) is 48.5 Å². The lowest BCUT2D eigenvalue weighted by molar-refractivity contribution is 0.322. The fourth-order valence-corrected chi connectivity index (χ4v) is 2.85. The van der Waals surface area contributed by atoms with Gasteiger partial charge in [-0.1, -0.05) is 24.3 Å². The third-order valence-electron chi connectivity index (χ3n) is 4.27. The number of hydrogen-bond acceptors (Lipinski definition) is 2. The molecule has 0 amide bonds. The van der Waals surface area contributed by atoms with E-state index in [4.69, 9.17) is 9.84 Å². The van der Waals surface area contributed by atoms with Crippen molar-refractivity contribution in [2.24, 2.45) is 0 Å². The van der Waals surface area contributed by atoms with Crippen LogP contribution in [0.4, 0.5) is 26.3 Å². The number of aromatic hydroxyl groups is 1. The fraction of sp³-hybridized carbons (Fsp3) is 0.0909. The van der Waals surface area contributed by atoms with Crippen molar-refractivity contribution in [2.45, 2.75) is 6.92 Å². The molecule has 30 heavy (non-hydrogen) atoms. The summed E-state index contributed by atoms with van der Waals surface area (Å²) >= 11 is 0. The minimum Gasteiger partial charge on any atom is -0.505 e. The van der Waals surface area contributed by atoms with Crippen molar-refractivity contribution in [3.8, 4) is 11.5 Å². The molecule has 0 fully saturated rings. The first-order valence-corrected chi connectivity index (χ1v) is 8.70. The summed E-state index contributed by atoms with van der Waals surface area (Å²) in [5.41, 5.74) is 0. The smallest absolute Gasteiger partial charge is 0.175 e. The second-order valence-corrected chi connectivity index (χ2v) is 6.13. The van der Waals surface area contributed by atoms with Gasteiger partial charge in [0.1, 0.15) is 0 Å². The number of benzene rings is 4. The number of fused-ring (bicyclic) bond motifs is 2.